The molecule has 23 heavy (non-hydrogen) atoms. The maximum atomic E-state index is 12.5. The van der Waals surface area contributed by atoms with Crippen molar-refractivity contribution in [3.05, 3.63) is 22.7 Å². The zero-order valence-electron chi connectivity index (χ0n) is 13.5. The molecule has 3 rings (SSSR count). The molecule has 0 radical (unpaired) electrons. The monoisotopic (exact) mass is 402 g/mol. The molecule has 1 amide bonds. The third kappa shape index (κ3) is 4.40. The molecule has 1 atom stereocenters. The largest absolute Gasteiger partial charge is 0.491 e. The topological polar surface area (TPSA) is 50.4 Å². The number of nitrogens with one attached hydrogen (secondary N) is 2. The Kier molecular flexibility index (Phi) is 5.98. The summed E-state index contributed by atoms with van der Waals surface area (Å²) in [7, 11) is 0. The SMILES string of the molecule is CC(C)Oc1cc(Br)cc(NC(=O)C2CC23CCNCC3)c1.Cl. The van der Waals surface area contributed by atoms with Crippen LogP contribution in [0.3, 0.4) is 0 Å². The van der Waals surface area contributed by atoms with Gasteiger partial charge < -0.3 is 15.4 Å². The number of carbonyl (C=O) groups excluding carboxylic acids is 1. The summed E-state index contributed by atoms with van der Waals surface area (Å²) in [5.74, 6) is 1.09. The molecule has 4 nitrogen and oxygen atoms in total. The van der Waals surface area contributed by atoms with Gasteiger partial charge in [0.15, 0.2) is 0 Å². The Morgan fingerprint density at radius 1 is 1.35 bits per heavy atom. The number of anilines is 1. The lowest BCUT2D eigenvalue weighted by Crippen LogP contribution is -2.31. The van der Waals surface area contributed by atoms with Gasteiger partial charge in [-0.05, 0) is 63.7 Å². The van der Waals surface area contributed by atoms with Crippen molar-refractivity contribution in [2.45, 2.75) is 39.2 Å². The van der Waals surface area contributed by atoms with Gasteiger partial charge >= 0.3 is 0 Å². The van der Waals surface area contributed by atoms with Crippen LogP contribution in [-0.4, -0.2) is 25.1 Å². The minimum atomic E-state index is 0. The van der Waals surface area contributed by atoms with E-state index >= 15 is 0 Å². The maximum absolute atomic E-state index is 12.5. The van der Waals surface area contributed by atoms with Crippen LogP contribution in [0.4, 0.5) is 5.69 Å². The predicted octanol–water partition coefficient (Wildman–Crippen LogP) is 3.99. The summed E-state index contributed by atoms with van der Waals surface area (Å²) in [5, 5.41) is 6.43. The van der Waals surface area contributed by atoms with Gasteiger partial charge in [0, 0.05) is 22.1 Å². The van der Waals surface area contributed by atoms with Crippen LogP contribution in [0.1, 0.15) is 33.1 Å². The summed E-state index contributed by atoms with van der Waals surface area (Å²) in [6.07, 6.45) is 3.37. The molecule has 1 spiro atoms. The van der Waals surface area contributed by atoms with E-state index in [1.165, 1.54) is 0 Å². The average Bonchev–Trinajstić information content (AvgIpc) is 3.11. The zero-order chi connectivity index (χ0) is 15.7. The van der Waals surface area contributed by atoms with E-state index < -0.39 is 0 Å². The number of piperidine rings is 1. The molecule has 2 aliphatic rings. The Labute approximate surface area is 152 Å². The highest BCUT2D eigenvalue weighted by Gasteiger charge is 2.57. The number of benzene rings is 1. The van der Waals surface area contributed by atoms with Crippen LogP contribution >= 0.6 is 28.3 Å². The maximum Gasteiger partial charge on any atom is 0.228 e. The zero-order valence-corrected chi connectivity index (χ0v) is 15.9. The van der Waals surface area contributed by atoms with E-state index in [0.717, 1.165) is 48.3 Å². The molecule has 1 saturated carbocycles. The molecule has 6 heteroatoms. The van der Waals surface area contributed by atoms with Crippen molar-refractivity contribution in [1.82, 2.24) is 5.32 Å². The number of halogens is 2. The number of rotatable bonds is 4. The van der Waals surface area contributed by atoms with Gasteiger partial charge in [0.2, 0.25) is 5.91 Å². The van der Waals surface area contributed by atoms with E-state index in [2.05, 4.69) is 26.6 Å². The average molecular weight is 404 g/mol. The fraction of sp³-hybridized carbons (Fsp3) is 0.588. The fourth-order valence-electron chi connectivity index (χ4n) is 3.40. The normalized spacial score (nSPS) is 21.7. The summed E-state index contributed by atoms with van der Waals surface area (Å²) < 4.78 is 6.62. The molecule has 0 aromatic heterocycles. The molecule has 1 aromatic carbocycles. The predicted molar refractivity (Wildman–Crippen MR) is 98.4 cm³/mol. The highest BCUT2D eigenvalue weighted by Crippen LogP contribution is 2.58. The van der Waals surface area contributed by atoms with Crippen molar-refractivity contribution in [2.24, 2.45) is 11.3 Å². The van der Waals surface area contributed by atoms with E-state index in [-0.39, 0.29) is 35.8 Å². The Morgan fingerprint density at radius 2 is 2.04 bits per heavy atom. The number of ether oxygens (including phenoxy) is 1. The number of hydrogen-bond donors (Lipinski definition) is 2. The van der Waals surface area contributed by atoms with Crippen LogP contribution in [0, 0.1) is 11.3 Å². The minimum absolute atomic E-state index is 0. The quantitative estimate of drug-likeness (QED) is 0.799. The second kappa shape index (κ2) is 7.41. The van der Waals surface area contributed by atoms with Gasteiger partial charge in [-0.15, -0.1) is 12.4 Å². The molecular weight excluding hydrogens is 380 g/mol. The van der Waals surface area contributed by atoms with E-state index in [1.807, 2.05) is 32.0 Å². The van der Waals surface area contributed by atoms with Crippen molar-refractivity contribution < 1.29 is 9.53 Å². The number of amides is 1. The molecule has 1 aliphatic carbocycles. The second-order valence-corrected chi connectivity index (χ2v) is 7.62. The first-order chi connectivity index (χ1) is 10.5. The second-order valence-electron chi connectivity index (χ2n) is 6.70. The minimum Gasteiger partial charge on any atom is -0.491 e. The summed E-state index contributed by atoms with van der Waals surface area (Å²) in [5.41, 5.74) is 1.06. The first-order valence-electron chi connectivity index (χ1n) is 7.97. The van der Waals surface area contributed by atoms with Gasteiger partial charge in [0.25, 0.3) is 0 Å². The Hall–Kier alpha value is -0.780. The third-order valence-electron chi connectivity index (χ3n) is 4.62. The summed E-state index contributed by atoms with van der Waals surface area (Å²) >= 11 is 3.48. The molecule has 1 aromatic rings. The van der Waals surface area contributed by atoms with Crippen molar-refractivity contribution in [3.63, 3.8) is 0 Å². The van der Waals surface area contributed by atoms with Crippen molar-refractivity contribution in [1.29, 1.82) is 0 Å². The molecule has 2 fully saturated rings. The van der Waals surface area contributed by atoms with Gasteiger partial charge in [0.05, 0.1) is 6.10 Å². The van der Waals surface area contributed by atoms with Crippen molar-refractivity contribution >= 4 is 39.9 Å². The first-order valence-corrected chi connectivity index (χ1v) is 8.77. The summed E-state index contributed by atoms with van der Waals surface area (Å²) in [4.78, 5) is 12.5. The molecule has 1 aliphatic heterocycles. The van der Waals surface area contributed by atoms with Gasteiger partial charge in [0.1, 0.15) is 5.75 Å². The van der Waals surface area contributed by atoms with Crippen LogP contribution < -0.4 is 15.4 Å². The molecule has 128 valence electrons. The fourth-order valence-corrected chi connectivity index (χ4v) is 3.87. The molecule has 1 saturated heterocycles. The van der Waals surface area contributed by atoms with Crippen LogP contribution in [0.5, 0.6) is 5.75 Å². The molecule has 0 bridgehead atoms. The Bertz CT molecular complexity index is 574. The summed E-state index contributed by atoms with van der Waals surface area (Å²) in [6.45, 7) is 6.05. The molecule has 1 heterocycles. The van der Waals surface area contributed by atoms with Crippen molar-refractivity contribution in [2.75, 3.05) is 18.4 Å². The van der Waals surface area contributed by atoms with Gasteiger partial charge in [-0.3, -0.25) is 4.79 Å². The highest BCUT2D eigenvalue weighted by molar-refractivity contribution is 9.10. The third-order valence-corrected chi connectivity index (χ3v) is 5.07. The van der Waals surface area contributed by atoms with E-state index in [0.29, 0.717) is 0 Å². The molecule has 1 unspecified atom stereocenters. The van der Waals surface area contributed by atoms with Gasteiger partial charge in [-0.25, -0.2) is 0 Å². The summed E-state index contributed by atoms with van der Waals surface area (Å²) in [6, 6.07) is 5.73. The lowest BCUT2D eigenvalue weighted by atomic mass is 9.92. The number of hydrogen-bond acceptors (Lipinski definition) is 3. The van der Waals surface area contributed by atoms with Crippen LogP contribution in [0.2, 0.25) is 0 Å². The lowest BCUT2D eigenvalue weighted by Gasteiger charge is -2.23. The van der Waals surface area contributed by atoms with E-state index in [4.69, 9.17) is 4.74 Å². The smallest absolute Gasteiger partial charge is 0.228 e. The van der Waals surface area contributed by atoms with Crippen LogP contribution in [0.15, 0.2) is 22.7 Å². The Morgan fingerprint density at radius 3 is 2.70 bits per heavy atom. The Balaban J connectivity index is 0.00000192. The number of carbonyl (C=O) groups is 1. The highest BCUT2D eigenvalue weighted by atomic mass is 79.9. The standard InChI is InChI=1S/C17H23BrN2O2.ClH/c1-11(2)22-14-8-12(18)7-13(9-14)20-16(21)15-10-17(15)3-5-19-6-4-17;/h7-9,11,15,19H,3-6,10H2,1-2H3,(H,20,21);1H. The lowest BCUT2D eigenvalue weighted by molar-refractivity contribution is -0.118. The van der Waals surface area contributed by atoms with E-state index in [1.54, 1.807) is 0 Å². The van der Waals surface area contributed by atoms with Crippen molar-refractivity contribution in [3.8, 4) is 5.75 Å². The first kappa shape index (κ1) is 18.6. The van der Waals surface area contributed by atoms with Gasteiger partial charge in [-0.2, -0.15) is 0 Å². The molecule has 2 N–H and O–H groups in total. The molecular formula is C17H24BrClN2O2. The van der Waals surface area contributed by atoms with E-state index in [9.17, 15) is 4.79 Å². The van der Waals surface area contributed by atoms with Crippen LogP contribution in [0.25, 0.3) is 0 Å². The van der Waals surface area contributed by atoms with Crippen LogP contribution in [-0.2, 0) is 4.79 Å². The van der Waals surface area contributed by atoms with Gasteiger partial charge in [-0.1, -0.05) is 15.9 Å².